The Kier molecular flexibility index (Phi) is 6.18. The van der Waals surface area contributed by atoms with Gasteiger partial charge in [0.1, 0.15) is 12.1 Å². The number of H-pyrrole nitrogens is 1. The molecule has 3 fully saturated rings. The van der Waals surface area contributed by atoms with Crippen LogP contribution in [0.5, 0.6) is 0 Å². The molecule has 224 valence electrons. The van der Waals surface area contributed by atoms with Crippen LogP contribution in [0.3, 0.4) is 0 Å². The third-order valence-corrected chi connectivity index (χ3v) is 10.2. The summed E-state index contributed by atoms with van der Waals surface area (Å²) in [6.07, 6.45) is 6.62. The van der Waals surface area contributed by atoms with E-state index in [1.807, 2.05) is 46.9 Å². The van der Waals surface area contributed by atoms with Crippen LogP contribution >= 0.6 is 0 Å². The van der Waals surface area contributed by atoms with Crippen molar-refractivity contribution < 1.29 is 24.2 Å². The van der Waals surface area contributed by atoms with Gasteiger partial charge in [-0.3, -0.25) is 28.9 Å². The Morgan fingerprint density at radius 2 is 2.02 bits per heavy atom. The average molecular weight is 576 g/mol. The summed E-state index contributed by atoms with van der Waals surface area (Å²) in [6, 6.07) is 4.84. The van der Waals surface area contributed by atoms with E-state index in [1.165, 1.54) is 15.8 Å². The van der Waals surface area contributed by atoms with Gasteiger partial charge in [-0.25, -0.2) is 0 Å². The Morgan fingerprint density at radius 1 is 1.24 bits per heavy atom. The van der Waals surface area contributed by atoms with Crippen LogP contribution < -0.4 is 5.32 Å². The van der Waals surface area contributed by atoms with E-state index in [1.54, 1.807) is 4.90 Å². The fraction of sp³-hybridized carbons (Fsp3) is 0.594. The highest BCUT2D eigenvalue weighted by Crippen LogP contribution is 2.48. The normalized spacial score (nSPS) is 34.2. The monoisotopic (exact) mass is 575 g/mol. The van der Waals surface area contributed by atoms with E-state index in [4.69, 9.17) is 4.74 Å². The van der Waals surface area contributed by atoms with Gasteiger partial charge in [0.05, 0.1) is 5.92 Å². The molecule has 0 radical (unpaired) electrons. The first-order valence-corrected chi connectivity index (χ1v) is 15.4. The summed E-state index contributed by atoms with van der Waals surface area (Å²) in [4.78, 5) is 50.7. The molecule has 0 spiro atoms. The number of carbonyl (C=O) groups excluding carboxylic acids is 3. The van der Waals surface area contributed by atoms with Crippen molar-refractivity contribution in [2.75, 3.05) is 20.1 Å². The number of aromatic nitrogens is 1. The van der Waals surface area contributed by atoms with Crippen LogP contribution in [-0.2, 0) is 25.5 Å². The Morgan fingerprint density at radius 3 is 2.76 bits per heavy atom. The molecule has 3 amide bonds. The summed E-state index contributed by atoms with van der Waals surface area (Å²) in [5.74, 6) is -3.97. The van der Waals surface area contributed by atoms with Crippen molar-refractivity contribution in [3.63, 3.8) is 0 Å². The highest BCUT2D eigenvalue weighted by atomic mass is 16.7. The maximum atomic E-state index is 14.4. The van der Waals surface area contributed by atoms with Crippen molar-refractivity contribution >= 4 is 34.2 Å². The second-order valence-electron chi connectivity index (χ2n) is 13.6. The summed E-state index contributed by atoms with van der Waals surface area (Å²) in [5, 5.41) is 16.3. The molecule has 1 aliphatic carbocycles. The number of carbonyl (C=O) groups is 3. The number of hydrogen-bond donors (Lipinski definition) is 3. The summed E-state index contributed by atoms with van der Waals surface area (Å²) in [5.41, 5.74) is 2.79. The number of rotatable bonds is 5. The molecule has 4 aliphatic heterocycles. The lowest BCUT2D eigenvalue weighted by atomic mass is 9.79. The maximum Gasteiger partial charge on any atom is 0.281 e. The van der Waals surface area contributed by atoms with Crippen molar-refractivity contribution in [3.05, 3.63) is 41.6 Å². The zero-order chi connectivity index (χ0) is 29.7. The predicted octanol–water partition coefficient (Wildman–Crippen LogP) is 2.43. The smallest absolute Gasteiger partial charge is 0.281 e. The molecule has 5 heterocycles. The molecule has 10 nitrogen and oxygen atoms in total. The average Bonchev–Trinajstić information content (AvgIpc) is 3.65. The first-order valence-electron chi connectivity index (χ1n) is 15.4. The van der Waals surface area contributed by atoms with E-state index in [9.17, 15) is 19.5 Å². The first kappa shape index (κ1) is 27.6. The summed E-state index contributed by atoms with van der Waals surface area (Å²) in [7, 11) is 2.03. The Balaban J connectivity index is 1.24. The first-order chi connectivity index (χ1) is 20.0. The number of benzene rings is 1. The van der Waals surface area contributed by atoms with Crippen molar-refractivity contribution in [3.8, 4) is 0 Å². The molecule has 1 aromatic heterocycles. The number of piperazine rings is 1. The lowest BCUT2D eigenvalue weighted by Gasteiger charge is -2.49. The number of nitrogens with one attached hydrogen (secondary N) is 2. The Bertz CT molecular complexity index is 1510. The van der Waals surface area contributed by atoms with Crippen LogP contribution in [-0.4, -0.2) is 92.4 Å². The minimum absolute atomic E-state index is 0.108. The number of aromatic amines is 1. The van der Waals surface area contributed by atoms with Gasteiger partial charge in [-0.2, -0.15) is 0 Å². The minimum atomic E-state index is -2.00. The van der Waals surface area contributed by atoms with Crippen LogP contribution in [0.2, 0.25) is 0 Å². The zero-order valence-electron chi connectivity index (χ0n) is 25.0. The van der Waals surface area contributed by atoms with Crippen molar-refractivity contribution in [1.82, 2.24) is 25.0 Å². The van der Waals surface area contributed by atoms with Crippen LogP contribution in [0.25, 0.3) is 16.5 Å². The molecular formula is C32H41N5O5. The van der Waals surface area contributed by atoms with Gasteiger partial charge in [0.2, 0.25) is 17.5 Å². The molecule has 42 heavy (non-hydrogen) atoms. The van der Waals surface area contributed by atoms with Crippen molar-refractivity contribution in [2.24, 2.45) is 17.8 Å². The SMILES string of the molecule is CC(C)C[C@H]1C(=O)N2CCC[C@H]2[C@]2(O)O[C@](NC(=O)[C@H]3C=C4c5cccc6[nH]cc(c56)C[C@H]4N(C)C3)(C(C)C)C(=O)N12. The lowest BCUT2D eigenvalue weighted by molar-refractivity contribution is -0.322. The number of hydrogen-bond acceptors (Lipinski definition) is 6. The topological polar surface area (TPSA) is 118 Å². The number of fused-ring (bicyclic) bond motifs is 5. The molecule has 2 aromatic rings. The molecule has 6 atom stereocenters. The van der Waals surface area contributed by atoms with Crippen molar-refractivity contribution in [2.45, 2.75) is 83.1 Å². The lowest BCUT2D eigenvalue weighted by Crippen LogP contribution is -2.71. The van der Waals surface area contributed by atoms with Gasteiger partial charge in [-0.05, 0) is 61.4 Å². The molecule has 5 aliphatic rings. The maximum absolute atomic E-state index is 14.4. The summed E-state index contributed by atoms with van der Waals surface area (Å²) in [6.45, 7) is 8.60. The highest BCUT2D eigenvalue weighted by Gasteiger charge is 2.72. The van der Waals surface area contributed by atoms with Gasteiger partial charge in [0.25, 0.3) is 11.8 Å². The predicted molar refractivity (Wildman–Crippen MR) is 156 cm³/mol. The van der Waals surface area contributed by atoms with E-state index in [2.05, 4.69) is 33.5 Å². The molecule has 0 bridgehead atoms. The summed E-state index contributed by atoms with van der Waals surface area (Å²) >= 11 is 0. The third kappa shape index (κ3) is 3.70. The van der Waals surface area contributed by atoms with Gasteiger partial charge >= 0.3 is 0 Å². The second kappa shape index (κ2) is 9.39. The summed E-state index contributed by atoms with van der Waals surface area (Å²) < 4.78 is 6.43. The highest BCUT2D eigenvalue weighted by molar-refractivity contribution is 6.01. The van der Waals surface area contributed by atoms with Crippen molar-refractivity contribution in [1.29, 1.82) is 0 Å². The largest absolute Gasteiger partial charge is 0.361 e. The van der Waals surface area contributed by atoms with Gasteiger partial charge in [-0.15, -0.1) is 0 Å². The van der Waals surface area contributed by atoms with E-state index in [0.717, 1.165) is 29.5 Å². The number of aliphatic hydroxyl groups is 1. The van der Waals surface area contributed by atoms with Gasteiger partial charge in [0.15, 0.2) is 0 Å². The van der Waals surface area contributed by atoms with Crippen LogP contribution in [0.1, 0.15) is 58.1 Å². The van der Waals surface area contributed by atoms with Crippen LogP contribution in [0, 0.1) is 17.8 Å². The zero-order valence-corrected chi connectivity index (χ0v) is 25.0. The third-order valence-electron chi connectivity index (χ3n) is 10.2. The van der Waals surface area contributed by atoms with E-state index >= 15 is 0 Å². The second-order valence-corrected chi connectivity index (χ2v) is 13.6. The molecule has 1 aromatic carbocycles. The van der Waals surface area contributed by atoms with E-state index in [0.29, 0.717) is 25.9 Å². The quantitative estimate of drug-likeness (QED) is 0.504. The number of ether oxygens (including phenoxy) is 1. The Labute approximate surface area is 246 Å². The van der Waals surface area contributed by atoms with Crippen LogP contribution in [0.4, 0.5) is 0 Å². The molecule has 3 N–H and O–H groups in total. The van der Waals surface area contributed by atoms with Gasteiger partial charge < -0.3 is 20.3 Å². The van der Waals surface area contributed by atoms with Gasteiger partial charge in [-0.1, -0.05) is 45.9 Å². The molecule has 7 rings (SSSR count). The fourth-order valence-electron chi connectivity index (χ4n) is 8.10. The molecule has 0 saturated carbocycles. The number of nitrogens with zero attached hydrogens (tertiary/aromatic N) is 3. The standard InChI is InChI=1S/C32H41N5O5/c1-17(2)12-25-29(39)36-11-7-10-26(36)32(41)37(25)30(40)31(42-32,18(3)4)34-28(38)20-13-22-21-8-6-9-23-27(21)19(15-33-23)14-24(22)35(5)16-20/h6,8-9,13,15,17-18,20,24-26,33,41H,7,10-12,14,16H2,1-5H3,(H,34,38)/t20-,24+,25-,26-,31+,32-/m0/s1. The minimum Gasteiger partial charge on any atom is -0.361 e. The molecular weight excluding hydrogens is 534 g/mol. The van der Waals surface area contributed by atoms with Crippen LogP contribution in [0.15, 0.2) is 30.5 Å². The number of amides is 3. The number of likely N-dealkylation sites (N-methyl/N-ethyl adjacent to an activating group) is 1. The molecule has 10 heteroatoms. The Hall–Kier alpha value is -3.21. The van der Waals surface area contributed by atoms with E-state index in [-0.39, 0.29) is 23.8 Å². The van der Waals surface area contributed by atoms with Gasteiger partial charge in [0, 0.05) is 42.1 Å². The molecule has 0 unspecified atom stereocenters. The molecule has 3 saturated heterocycles. The fourth-order valence-corrected chi connectivity index (χ4v) is 8.10. The van der Waals surface area contributed by atoms with E-state index < -0.39 is 41.5 Å².